The van der Waals surface area contributed by atoms with Gasteiger partial charge in [0.1, 0.15) is 6.61 Å². The van der Waals surface area contributed by atoms with Gasteiger partial charge in [-0.15, -0.1) is 12.4 Å². The second kappa shape index (κ2) is 5.91. The van der Waals surface area contributed by atoms with Crippen molar-refractivity contribution in [2.24, 2.45) is 5.73 Å². The Bertz CT molecular complexity index is 363. The second-order valence-corrected chi connectivity index (χ2v) is 4.28. The monoisotopic (exact) mass is 315 g/mol. The lowest BCUT2D eigenvalue weighted by molar-refractivity contribution is -0.0713. The van der Waals surface area contributed by atoms with E-state index in [1.807, 2.05) is 6.92 Å². The fraction of sp³-hybridized carbons (Fsp3) is 0.400. The Kier molecular flexibility index (Phi) is 5.82. The molecule has 0 unspecified atom stereocenters. The van der Waals surface area contributed by atoms with Crippen LogP contribution in [0, 0.1) is 6.92 Å². The summed E-state index contributed by atoms with van der Waals surface area (Å²) < 4.78 is 26.8. The molecule has 0 spiro atoms. The lowest BCUT2D eigenvalue weighted by Crippen LogP contribution is -2.36. The largest absolute Gasteiger partial charge is 0.390 e. The number of nitrogens with two attached hydrogens (primary N) is 1. The molecule has 0 aliphatic rings. The molecule has 1 aromatic rings. The molecule has 0 aliphatic carbocycles. The molecule has 0 heterocycles. The van der Waals surface area contributed by atoms with E-state index in [0.29, 0.717) is 10.0 Å². The van der Waals surface area contributed by atoms with Gasteiger partial charge in [-0.25, -0.2) is 8.78 Å². The molecule has 0 aromatic heterocycles. The summed E-state index contributed by atoms with van der Waals surface area (Å²) in [7, 11) is 0. The van der Waals surface area contributed by atoms with Crippen molar-refractivity contribution in [2.45, 2.75) is 18.9 Å². The molecule has 0 radical (unpaired) electrons. The van der Waals surface area contributed by atoms with Crippen LogP contribution in [0.25, 0.3) is 0 Å². The summed E-state index contributed by atoms with van der Waals surface area (Å²) in [5.74, 6) is -3.31. The van der Waals surface area contributed by atoms with Crippen molar-refractivity contribution in [3.63, 3.8) is 0 Å². The Balaban J connectivity index is 0.00000225. The minimum Gasteiger partial charge on any atom is -0.390 e. The summed E-state index contributed by atoms with van der Waals surface area (Å²) in [6.07, 6.45) is 0. The molecule has 1 rings (SSSR count). The van der Waals surface area contributed by atoms with E-state index in [4.69, 9.17) is 10.8 Å². The Morgan fingerprint density at radius 3 is 2.50 bits per heavy atom. The van der Waals surface area contributed by atoms with Gasteiger partial charge in [0.05, 0.1) is 6.04 Å². The average Bonchev–Trinajstić information content (AvgIpc) is 2.17. The summed E-state index contributed by atoms with van der Waals surface area (Å²) in [6, 6.07) is 3.45. The van der Waals surface area contributed by atoms with Gasteiger partial charge in [0, 0.05) is 4.47 Å². The van der Waals surface area contributed by atoms with Gasteiger partial charge < -0.3 is 10.8 Å². The molecule has 6 heteroatoms. The molecule has 16 heavy (non-hydrogen) atoms. The second-order valence-electron chi connectivity index (χ2n) is 3.42. The average molecular weight is 317 g/mol. The Morgan fingerprint density at radius 2 is 2.06 bits per heavy atom. The number of benzene rings is 1. The molecule has 1 aromatic carbocycles. The highest BCUT2D eigenvalue weighted by Crippen LogP contribution is 2.33. The normalized spacial score (nSPS) is 13.1. The molecule has 3 N–H and O–H groups in total. The highest BCUT2D eigenvalue weighted by Gasteiger charge is 2.38. The van der Waals surface area contributed by atoms with E-state index in [1.165, 1.54) is 6.07 Å². The van der Waals surface area contributed by atoms with E-state index in [1.54, 1.807) is 12.1 Å². The van der Waals surface area contributed by atoms with Crippen molar-refractivity contribution >= 4 is 28.3 Å². The third-order valence-electron chi connectivity index (χ3n) is 2.16. The minimum absolute atomic E-state index is 0. The number of alkyl halides is 2. The maximum absolute atomic E-state index is 13.1. The number of hydrogen-bond acceptors (Lipinski definition) is 2. The first-order valence-corrected chi connectivity index (χ1v) is 5.18. The lowest BCUT2D eigenvalue weighted by Gasteiger charge is -2.22. The van der Waals surface area contributed by atoms with Crippen LogP contribution in [0.3, 0.4) is 0 Å². The van der Waals surface area contributed by atoms with Gasteiger partial charge >= 0.3 is 0 Å². The zero-order valence-electron chi connectivity index (χ0n) is 8.58. The van der Waals surface area contributed by atoms with Crippen LogP contribution in [0.2, 0.25) is 0 Å². The maximum atomic E-state index is 13.1. The third kappa shape index (κ3) is 3.38. The highest BCUT2D eigenvalue weighted by molar-refractivity contribution is 9.10. The molecule has 0 aliphatic heterocycles. The molecular weight excluding hydrogens is 303 g/mol. The van der Waals surface area contributed by atoms with Crippen LogP contribution in [0.15, 0.2) is 22.7 Å². The van der Waals surface area contributed by atoms with Gasteiger partial charge in [-0.1, -0.05) is 28.1 Å². The van der Waals surface area contributed by atoms with E-state index >= 15 is 0 Å². The van der Waals surface area contributed by atoms with Crippen molar-refractivity contribution in [1.82, 2.24) is 0 Å². The first-order valence-electron chi connectivity index (χ1n) is 4.39. The minimum atomic E-state index is -3.31. The first kappa shape index (κ1) is 15.8. The smallest absolute Gasteiger partial charge is 0.289 e. The first-order chi connectivity index (χ1) is 6.88. The molecule has 2 nitrogen and oxygen atoms in total. The van der Waals surface area contributed by atoms with Crippen LogP contribution < -0.4 is 5.73 Å². The Morgan fingerprint density at radius 1 is 1.50 bits per heavy atom. The maximum Gasteiger partial charge on any atom is 0.289 e. The van der Waals surface area contributed by atoms with Crippen molar-refractivity contribution in [3.05, 3.63) is 33.8 Å². The van der Waals surface area contributed by atoms with Crippen LogP contribution >= 0.6 is 28.3 Å². The Labute approximate surface area is 107 Å². The van der Waals surface area contributed by atoms with E-state index in [-0.39, 0.29) is 12.4 Å². The molecule has 0 fully saturated rings. The summed E-state index contributed by atoms with van der Waals surface area (Å²) in [4.78, 5) is 0. The van der Waals surface area contributed by atoms with Crippen LogP contribution in [0.5, 0.6) is 0 Å². The van der Waals surface area contributed by atoms with Crippen molar-refractivity contribution in [3.8, 4) is 0 Å². The fourth-order valence-corrected chi connectivity index (χ4v) is 1.95. The van der Waals surface area contributed by atoms with Gasteiger partial charge in [0.2, 0.25) is 0 Å². The number of aryl methyl sites for hydroxylation is 1. The van der Waals surface area contributed by atoms with Crippen molar-refractivity contribution < 1.29 is 13.9 Å². The van der Waals surface area contributed by atoms with Gasteiger partial charge in [0.15, 0.2) is 0 Å². The van der Waals surface area contributed by atoms with Crippen molar-refractivity contribution in [1.29, 1.82) is 0 Å². The zero-order valence-corrected chi connectivity index (χ0v) is 11.0. The number of aliphatic hydroxyl groups is 1. The number of hydrogen-bond donors (Lipinski definition) is 2. The molecule has 0 amide bonds. The quantitative estimate of drug-likeness (QED) is 0.901. The molecule has 1 atom stereocenters. The van der Waals surface area contributed by atoms with E-state index in [2.05, 4.69) is 15.9 Å². The van der Waals surface area contributed by atoms with Crippen LogP contribution in [-0.2, 0) is 0 Å². The number of rotatable bonds is 3. The van der Waals surface area contributed by atoms with Crippen LogP contribution in [0.1, 0.15) is 17.2 Å². The predicted molar refractivity (Wildman–Crippen MR) is 65.1 cm³/mol. The molecule has 0 saturated heterocycles. The van der Waals surface area contributed by atoms with Gasteiger partial charge in [0.25, 0.3) is 5.92 Å². The lowest BCUT2D eigenvalue weighted by atomic mass is 10.0. The van der Waals surface area contributed by atoms with Gasteiger partial charge in [-0.05, 0) is 24.1 Å². The van der Waals surface area contributed by atoms with E-state index in [0.717, 1.165) is 5.56 Å². The van der Waals surface area contributed by atoms with Crippen LogP contribution in [-0.4, -0.2) is 17.6 Å². The summed E-state index contributed by atoms with van der Waals surface area (Å²) in [5.41, 5.74) is 6.63. The summed E-state index contributed by atoms with van der Waals surface area (Å²) in [6.45, 7) is 0.596. The molecule has 0 bridgehead atoms. The van der Waals surface area contributed by atoms with Crippen LogP contribution in [0.4, 0.5) is 8.78 Å². The van der Waals surface area contributed by atoms with E-state index < -0.39 is 18.6 Å². The zero-order chi connectivity index (χ0) is 11.6. The summed E-state index contributed by atoms with van der Waals surface area (Å²) >= 11 is 3.17. The van der Waals surface area contributed by atoms with Crippen molar-refractivity contribution in [2.75, 3.05) is 6.61 Å². The molecule has 0 saturated carbocycles. The topological polar surface area (TPSA) is 46.2 Å². The fourth-order valence-electron chi connectivity index (χ4n) is 1.21. The Hall–Kier alpha value is -0.230. The standard InChI is InChI=1S/C10H12BrF2NO.ClH/c1-6-2-3-7(8(11)4-6)9(14)10(12,13)5-15;/h2-4,9,15H,5,14H2,1H3;1H/t9-;/m1./s1. The highest BCUT2D eigenvalue weighted by atomic mass is 79.9. The van der Waals surface area contributed by atoms with Gasteiger partial charge in [-0.3, -0.25) is 0 Å². The molecular formula is C10H13BrClF2NO. The van der Waals surface area contributed by atoms with Gasteiger partial charge in [-0.2, -0.15) is 0 Å². The third-order valence-corrected chi connectivity index (χ3v) is 2.84. The number of halogens is 4. The molecule has 92 valence electrons. The summed E-state index contributed by atoms with van der Waals surface area (Å²) in [5, 5.41) is 8.53. The SMILES string of the molecule is Cc1ccc([C@@H](N)C(F)(F)CO)c(Br)c1.Cl. The predicted octanol–water partition coefficient (Wildman–Crippen LogP) is 2.81. The number of aliphatic hydroxyl groups excluding tert-OH is 1. The van der Waals surface area contributed by atoms with E-state index in [9.17, 15) is 8.78 Å².